The predicted molar refractivity (Wildman–Crippen MR) is 88.5 cm³/mol. The van der Waals surface area contributed by atoms with E-state index in [-0.39, 0.29) is 5.78 Å². The molecule has 0 amide bonds. The molecule has 1 heterocycles. The van der Waals surface area contributed by atoms with Crippen LogP contribution in [0.4, 0.5) is 0 Å². The molecule has 0 unspecified atom stereocenters. The summed E-state index contributed by atoms with van der Waals surface area (Å²) in [5.41, 5.74) is 3.29. The third kappa shape index (κ3) is 4.27. The van der Waals surface area contributed by atoms with E-state index in [4.69, 9.17) is 0 Å². The Morgan fingerprint density at radius 2 is 1.95 bits per heavy atom. The highest BCUT2D eigenvalue weighted by molar-refractivity contribution is 9.11. The summed E-state index contributed by atoms with van der Waals surface area (Å²) >= 11 is 5.13. The second-order valence-corrected chi connectivity index (χ2v) is 7.20. The highest BCUT2D eigenvalue weighted by Gasteiger charge is 2.10. The first-order valence-corrected chi connectivity index (χ1v) is 8.29. The van der Waals surface area contributed by atoms with Gasteiger partial charge in [-0.3, -0.25) is 9.69 Å². The summed E-state index contributed by atoms with van der Waals surface area (Å²) in [4.78, 5) is 14.2. The van der Waals surface area contributed by atoms with Gasteiger partial charge in [0.15, 0.2) is 5.78 Å². The van der Waals surface area contributed by atoms with Gasteiger partial charge in [-0.15, -0.1) is 11.3 Å². The van der Waals surface area contributed by atoms with Gasteiger partial charge in [-0.25, -0.2) is 0 Å². The second-order valence-electron chi connectivity index (χ2n) is 4.91. The molecule has 0 atom stereocenters. The summed E-state index contributed by atoms with van der Waals surface area (Å²) < 4.78 is 1.13. The zero-order valence-corrected chi connectivity index (χ0v) is 14.1. The number of carbonyl (C=O) groups excluding carboxylic acids is 1. The molecule has 4 heteroatoms. The van der Waals surface area contributed by atoms with Crippen molar-refractivity contribution in [3.63, 3.8) is 0 Å². The first-order chi connectivity index (χ1) is 9.58. The maximum atomic E-state index is 12.2. The van der Waals surface area contributed by atoms with Gasteiger partial charge in [-0.2, -0.15) is 0 Å². The average molecular weight is 352 g/mol. The van der Waals surface area contributed by atoms with Crippen molar-refractivity contribution >= 4 is 33.0 Å². The minimum atomic E-state index is 0.171. The van der Waals surface area contributed by atoms with Crippen LogP contribution in [0.5, 0.6) is 0 Å². The zero-order valence-electron chi connectivity index (χ0n) is 11.7. The van der Waals surface area contributed by atoms with E-state index in [9.17, 15) is 4.79 Å². The number of carbonyl (C=O) groups is 1. The first-order valence-electron chi connectivity index (χ1n) is 6.62. The third-order valence-electron chi connectivity index (χ3n) is 3.17. The fourth-order valence-corrected chi connectivity index (χ4v) is 3.26. The van der Waals surface area contributed by atoms with Crippen LogP contribution in [0.1, 0.15) is 28.4 Å². The van der Waals surface area contributed by atoms with Crippen LogP contribution in [-0.2, 0) is 13.0 Å². The van der Waals surface area contributed by atoms with Crippen molar-refractivity contribution in [2.75, 3.05) is 13.6 Å². The standard InChI is InChI=1S/C16H18BrNOS/c1-3-12-4-6-14(7-5-12)15(19)10-18(2)9-13-8-16(17)20-11-13/h4-8,11H,3,9-10H2,1-2H3. The summed E-state index contributed by atoms with van der Waals surface area (Å²) in [6, 6.07) is 10.0. The lowest BCUT2D eigenvalue weighted by Crippen LogP contribution is -2.25. The Labute approximate surface area is 132 Å². The van der Waals surface area contributed by atoms with E-state index in [1.807, 2.05) is 36.2 Å². The lowest BCUT2D eigenvalue weighted by atomic mass is 10.1. The number of halogens is 1. The number of hydrogen-bond acceptors (Lipinski definition) is 3. The van der Waals surface area contributed by atoms with E-state index in [0.717, 1.165) is 22.3 Å². The SMILES string of the molecule is CCc1ccc(C(=O)CN(C)Cc2csc(Br)c2)cc1. The monoisotopic (exact) mass is 351 g/mol. The van der Waals surface area contributed by atoms with Gasteiger partial charge in [0.05, 0.1) is 10.3 Å². The van der Waals surface area contributed by atoms with Crippen LogP contribution in [-0.4, -0.2) is 24.3 Å². The molecule has 0 aliphatic carbocycles. The molecule has 0 aliphatic rings. The highest BCUT2D eigenvalue weighted by Crippen LogP contribution is 2.21. The summed E-state index contributed by atoms with van der Waals surface area (Å²) in [7, 11) is 1.98. The van der Waals surface area contributed by atoms with Crippen molar-refractivity contribution < 1.29 is 4.79 Å². The molecule has 2 rings (SSSR count). The molecule has 0 N–H and O–H groups in total. The van der Waals surface area contributed by atoms with E-state index in [2.05, 4.69) is 34.3 Å². The minimum Gasteiger partial charge on any atom is -0.295 e. The quantitative estimate of drug-likeness (QED) is 0.719. The number of ketones is 1. The van der Waals surface area contributed by atoms with Gasteiger partial charge in [0.25, 0.3) is 0 Å². The zero-order chi connectivity index (χ0) is 14.5. The second kappa shape index (κ2) is 7.16. The fraction of sp³-hybridized carbons (Fsp3) is 0.312. The van der Waals surface area contributed by atoms with E-state index < -0.39 is 0 Å². The molecule has 0 saturated heterocycles. The topological polar surface area (TPSA) is 20.3 Å². The molecule has 0 spiro atoms. The largest absolute Gasteiger partial charge is 0.295 e. The van der Waals surface area contributed by atoms with Crippen LogP contribution >= 0.6 is 27.3 Å². The average Bonchev–Trinajstić information content (AvgIpc) is 2.84. The molecule has 0 radical (unpaired) electrons. The Bertz CT molecular complexity index is 576. The first kappa shape index (κ1) is 15.4. The predicted octanol–water partition coefficient (Wildman–Crippen LogP) is 4.39. The molecule has 2 aromatic rings. The van der Waals surface area contributed by atoms with Gasteiger partial charge in [0.2, 0.25) is 0 Å². The molecular weight excluding hydrogens is 334 g/mol. The Morgan fingerprint density at radius 1 is 1.25 bits per heavy atom. The number of benzene rings is 1. The van der Waals surface area contributed by atoms with Crippen molar-refractivity contribution in [2.45, 2.75) is 19.9 Å². The van der Waals surface area contributed by atoms with Crippen LogP contribution < -0.4 is 0 Å². The van der Waals surface area contributed by atoms with Crippen molar-refractivity contribution in [1.29, 1.82) is 0 Å². The smallest absolute Gasteiger partial charge is 0.176 e. The van der Waals surface area contributed by atoms with Crippen LogP contribution in [0.15, 0.2) is 39.5 Å². The number of thiophene rings is 1. The van der Waals surface area contributed by atoms with Crippen LogP contribution in [0, 0.1) is 0 Å². The molecule has 1 aromatic heterocycles. The molecule has 2 nitrogen and oxygen atoms in total. The highest BCUT2D eigenvalue weighted by atomic mass is 79.9. The number of aryl methyl sites for hydroxylation is 1. The molecule has 0 fully saturated rings. The van der Waals surface area contributed by atoms with Gasteiger partial charge in [0, 0.05) is 12.1 Å². The number of likely N-dealkylation sites (N-methyl/N-ethyl adjacent to an activating group) is 1. The van der Waals surface area contributed by atoms with Crippen molar-refractivity contribution in [3.05, 3.63) is 56.2 Å². The van der Waals surface area contributed by atoms with Crippen molar-refractivity contribution in [1.82, 2.24) is 4.90 Å². The Balaban J connectivity index is 1.92. The van der Waals surface area contributed by atoms with Crippen LogP contribution in [0.25, 0.3) is 0 Å². The van der Waals surface area contributed by atoms with Crippen molar-refractivity contribution in [2.24, 2.45) is 0 Å². The summed E-state index contributed by atoms with van der Waals surface area (Å²) in [5, 5.41) is 2.11. The number of rotatable bonds is 6. The summed E-state index contributed by atoms with van der Waals surface area (Å²) in [6.07, 6.45) is 1.00. The molecular formula is C16H18BrNOS. The van der Waals surface area contributed by atoms with E-state index in [1.54, 1.807) is 11.3 Å². The van der Waals surface area contributed by atoms with Crippen LogP contribution in [0.3, 0.4) is 0 Å². The lowest BCUT2D eigenvalue weighted by molar-refractivity contribution is 0.0943. The maximum absolute atomic E-state index is 12.2. The molecule has 0 aliphatic heterocycles. The van der Waals surface area contributed by atoms with Gasteiger partial charge < -0.3 is 0 Å². The maximum Gasteiger partial charge on any atom is 0.176 e. The molecule has 106 valence electrons. The summed E-state index contributed by atoms with van der Waals surface area (Å²) in [6.45, 7) is 3.35. The Hall–Kier alpha value is -0.970. The fourth-order valence-electron chi connectivity index (χ4n) is 2.06. The van der Waals surface area contributed by atoms with Gasteiger partial charge in [-0.05, 0) is 52.0 Å². The van der Waals surface area contributed by atoms with E-state index in [1.165, 1.54) is 11.1 Å². The molecule has 20 heavy (non-hydrogen) atoms. The Kier molecular flexibility index (Phi) is 5.52. The number of hydrogen-bond donors (Lipinski definition) is 0. The van der Waals surface area contributed by atoms with Gasteiger partial charge in [-0.1, -0.05) is 31.2 Å². The Morgan fingerprint density at radius 3 is 2.50 bits per heavy atom. The molecule has 0 bridgehead atoms. The number of nitrogens with zero attached hydrogens (tertiary/aromatic N) is 1. The molecule has 1 aromatic carbocycles. The summed E-state index contributed by atoms with van der Waals surface area (Å²) in [5.74, 6) is 0.171. The van der Waals surface area contributed by atoms with Crippen molar-refractivity contribution in [3.8, 4) is 0 Å². The third-order valence-corrected chi connectivity index (χ3v) is 4.73. The van der Waals surface area contributed by atoms with Gasteiger partial charge >= 0.3 is 0 Å². The van der Waals surface area contributed by atoms with Gasteiger partial charge in [0.1, 0.15) is 0 Å². The van der Waals surface area contributed by atoms with Crippen LogP contribution in [0.2, 0.25) is 0 Å². The van der Waals surface area contributed by atoms with E-state index >= 15 is 0 Å². The normalized spacial score (nSPS) is 11.0. The number of Topliss-reactive ketones (excluding diaryl/α,β-unsaturated/α-hetero) is 1. The molecule has 0 saturated carbocycles. The van der Waals surface area contributed by atoms with E-state index in [0.29, 0.717) is 6.54 Å². The lowest BCUT2D eigenvalue weighted by Gasteiger charge is -2.15. The minimum absolute atomic E-state index is 0.171.